The van der Waals surface area contributed by atoms with Gasteiger partial charge in [-0.2, -0.15) is 36.9 Å². The number of urea groups is 2. The topological polar surface area (TPSA) is 218 Å². The highest BCUT2D eigenvalue weighted by Gasteiger charge is 2.47. The molecular formula is C58H62F6N13O6+. The van der Waals surface area contributed by atoms with Crippen LogP contribution in [0.4, 0.5) is 47.3 Å². The summed E-state index contributed by atoms with van der Waals surface area (Å²) in [6.07, 6.45) is -9.56. The first-order chi connectivity index (χ1) is 39.4. The second-order valence-corrected chi connectivity index (χ2v) is 21.0. The van der Waals surface area contributed by atoms with Crippen LogP contribution in [0.2, 0.25) is 0 Å². The summed E-state index contributed by atoms with van der Waals surface area (Å²) in [5.74, 6) is -2.35. The lowest BCUT2D eigenvalue weighted by atomic mass is 9.91. The number of hydrogen-bond donors (Lipinski definition) is 4. The molecule has 19 nitrogen and oxygen atoms in total. The van der Waals surface area contributed by atoms with E-state index in [1.165, 1.54) is 50.2 Å². The summed E-state index contributed by atoms with van der Waals surface area (Å²) in [7, 11) is 3.62. The van der Waals surface area contributed by atoms with E-state index in [4.69, 9.17) is 0 Å². The van der Waals surface area contributed by atoms with E-state index in [1.807, 2.05) is 26.2 Å². The number of nitrogens with zero attached hydrogens (tertiary/aromatic N) is 9. The Hall–Kier alpha value is -8.78. The van der Waals surface area contributed by atoms with Crippen molar-refractivity contribution in [3.05, 3.63) is 153 Å². The predicted molar refractivity (Wildman–Crippen MR) is 292 cm³/mol. The number of quaternary nitrogens is 1. The van der Waals surface area contributed by atoms with E-state index in [-0.39, 0.29) is 102 Å². The van der Waals surface area contributed by atoms with E-state index >= 15 is 0 Å². The maximum Gasteiger partial charge on any atom is 0.416 e. The second-order valence-electron chi connectivity index (χ2n) is 21.0. The monoisotopic (exact) mass is 1150 g/mol. The molecule has 4 N–H and O–H groups in total. The van der Waals surface area contributed by atoms with Gasteiger partial charge in [0.2, 0.25) is 11.8 Å². The highest BCUT2D eigenvalue weighted by Crippen LogP contribution is 2.44. The molecule has 8 rings (SSSR count). The molecule has 2 saturated heterocycles. The molecular weight excluding hydrogens is 1090 g/mol. The number of likely N-dealkylation sites (N-methyl/N-ethyl adjacent to an activating group) is 1. The number of hydrogen-bond acceptors (Lipinski definition) is 10. The van der Waals surface area contributed by atoms with Crippen molar-refractivity contribution in [2.45, 2.75) is 38.3 Å². The highest BCUT2D eigenvalue weighted by molar-refractivity contribution is 6.07. The van der Waals surface area contributed by atoms with Crippen molar-refractivity contribution in [2.24, 2.45) is 0 Å². The van der Waals surface area contributed by atoms with Gasteiger partial charge in [0.15, 0.2) is 0 Å². The standard InChI is InChI=1S/C58H61F6N13O6/c1-37-49(53(80)71-25-19-67-20-26-71)51(41-15-11-39(33-65)12-16-41)73(55(82)75(37)45-9-5-7-43(31-45)57(59,60)61)35-47(78)69-23-29-77(3,4)30-24-70-48(79)36-74-52(42-17-13-40(34-66)14-18-42)50(54(81)72-27-21-68-22-28-72)38(2)76(56(74)83)46-10-6-8-44(32-46)58(62,63)64/h5-18,31-32,51-52,67-68H,19-30,35-36H2,1-4H3,(H-,69,70,78,79)/p+1/t51-,52-/m1/s1. The molecule has 436 valence electrons. The number of nitrogens with one attached hydrogen (secondary N) is 4. The van der Waals surface area contributed by atoms with E-state index in [0.717, 1.165) is 56.0 Å². The molecule has 0 bridgehead atoms. The minimum absolute atomic E-state index is 0.0115. The number of piperazine rings is 2. The largest absolute Gasteiger partial charge is 0.416 e. The minimum Gasteiger partial charge on any atom is -0.349 e. The summed E-state index contributed by atoms with van der Waals surface area (Å²) < 4.78 is 84.8. The lowest BCUT2D eigenvalue weighted by molar-refractivity contribution is -0.887. The van der Waals surface area contributed by atoms with Crippen molar-refractivity contribution in [1.82, 2.24) is 40.9 Å². The Balaban J connectivity index is 0.996. The molecule has 0 aliphatic carbocycles. The molecule has 2 atom stereocenters. The van der Waals surface area contributed by atoms with Crippen molar-refractivity contribution in [3.8, 4) is 12.1 Å². The number of allylic oxidation sites excluding steroid dienone is 2. The second kappa shape index (κ2) is 25.2. The summed E-state index contributed by atoms with van der Waals surface area (Å²) >= 11 is 0. The van der Waals surface area contributed by atoms with Crippen LogP contribution in [0.5, 0.6) is 0 Å². The number of benzene rings is 4. The van der Waals surface area contributed by atoms with Gasteiger partial charge in [-0.15, -0.1) is 0 Å². The SMILES string of the molecule is CC1=C(C(=O)N2CCNCC2)[C@@H](c2ccc(C#N)cc2)N(CC(=O)NCC[N+](C)(C)CCNC(=O)CN2C(=O)N(c3cccc(C(F)(F)F)c3)C(C)=C(C(=O)N3CCNCC3)[C@H]2c2ccc(C#N)cc2)C(=O)N1c1cccc(C(F)(F)F)c1. The van der Waals surface area contributed by atoms with Gasteiger partial charge in [-0.25, -0.2) is 9.59 Å². The van der Waals surface area contributed by atoms with Crippen LogP contribution in [0.3, 0.4) is 0 Å². The van der Waals surface area contributed by atoms with Gasteiger partial charge >= 0.3 is 24.4 Å². The smallest absolute Gasteiger partial charge is 0.349 e. The van der Waals surface area contributed by atoms with Gasteiger partial charge in [-0.3, -0.25) is 29.0 Å². The number of carbonyl (C=O) groups excluding carboxylic acids is 6. The van der Waals surface area contributed by atoms with Crippen LogP contribution in [0, 0.1) is 22.7 Å². The zero-order chi connectivity index (χ0) is 60.0. The minimum atomic E-state index is -4.78. The first-order valence-corrected chi connectivity index (χ1v) is 26.8. The molecule has 83 heavy (non-hydrogen) atoms. The molecule has 4 heterocycles. The van der Waals surface area contributed by atoms with Gasteiger partial charge in [0.05, 0.1) is 109 Å². The molecule has 4 aliphatic rings. The van der Waals surface area contributed by atoms with Crippen LogP contribution in [0.25, 0.3) is 0 Å². The third kappa shape index (κ3) is 13.6. The molecule has 2 fully saturated rings. The molecule has 0 saturated carbocycles. The van der Waals surface area contributed by atoms with Crippen LogP contribution in [0.15, 0.2) is 120 Å². The average molecular weight is 1150 g/mol. The van der Waals surface area contributed by atoms with Crippen LogP contribution >= 0.6 is 0 Å². The normalized spacial score (nSPS) is 18.3. The number of nitriles is 2. The Kier molecular flexibility index (Phi) is 18.3. The summed E-state index contributed by atoms with van der Waals surface area (Å²) in [6.45, 7) is 5.09. The van der Waals surface area contributed by atoms with E-state index in [9.17, 15) is 65.6 Å². The molecule has 4 aliphatic heterocycles. The van der Waals surface area contributed by atoms with Crippen molar-refractivity contribution in [2.75, 3.05) is 116 Å². The summed E-state index contributed by atoms with van der Waals surface area (Å²) in [5.41, 5.74) is -0.992. The van der Waals surface area contributed by atoms with Crippen LogP contribution in [-0.2, 0) is 31.5 Å². The average Bonchev–Trinajstić information content (AvgIpc) is 3.62. The van der Waals surface area contributed by atoms with Crippen molar-refractivity contribution in [1.29, 1.82) is 10.5 Å². The first kappa shape index (κ1) is 60.3. The molecule has 25 heteroatoms. The molecule has 4 aromatic carbocycles. The van der Waals surface area contributed by atoms with Crippen LogP contribution in [0.1, 0.15) is 59.3 Å². The third-order valence-corrected chi connectivity index (χ3v) is 15.0. The maximum absolute atomic E-state index is 14.8. The Morgan fingerprint density at radius 1 is 0.578 bits per heavy atom. The Morgan fingerprint density at radius 3 is 1.25 bits per heavy atom. The number of rotatable bonds is 16. The molecule has 0 radical (unpaired) electrons. The van der Waals surface area contributed by atoms with Gasteiger partial charge in [0.1, 0.15) is 13.1 Å². The van der Waals surface area contributed by atoms with Crippen molar-refractivity contribution in [3.63, 3.8) is 0 Å². The van der Waals surface area contributed by atoms with E-state index in [1.54, 1.807) is 34.1 Å². The first-order valence-electron chi connectivity index (χ1n) is 26.8. The van der Waals surface area contributed by atoms with Crippen molar-refractivity contribution < 1.29 is 59.6 Å². The Morgan fingerprint density at radius 2 is 0.928 bits per heavy atom. The number of carbonyl (C=O) groups is 6. The molecule has 0 aromatic heterocycles. The number of halogens is 6. The van der Waals surface area contributed by atoms with Gasteiger partial charge in [0, 0.05) is 63.8 Å². The van der Waals surface area contributed by atoms with Gasteiger partial charge in [-0.05, 0) is 85.6 Å². The maximum atomic E-state index is 14.8. The molecule has 8 amide bonds. The summed E-state index contributed by atoms with van der Waals surface area (Å²) in [5, 5.41) is 31.2. The van der Waals surface area contributed by atoms with Gasteiger partial charge < -0.3 is 45.3 Å². The number of amides is 8. The summed E-state index contributed by atoms with van der Waals surface area (Å²) in [6, 6.07) is 20.2. The van der Waals surface area contributed by atoms with Crippen molar-refractivity contribution >= 4 is 47.1 Å². The van der Waals surface area contributed by atoms with E-state index in [2.05, 4.69) is 21.3 Å². The lowest BCUT2D eigenvalue weighted by Crippen LogP contribution is -2.56. The summed E-state index contributed by atoms with van der Waals surface area (Å²) in [4.78, 5) is 94.6. The molecule has 0 spiro atoms. The van der Waals surface area contributed by atoms with Crippen LogP contribution < -0.4 is 31.1 Å². The zero-order valence-electron chi connectivity index (χ0n) is 46.0. The number of alkyl halides is 6. The molecule has 4 aromatic rings. The molecule has 0 unspecified atom stereocenters. The predicted octanol–water partition coefficient (Wildman–Crippen LogP) is 5.85. The number of anilines is 2. The fraction of sp³-hybridized carbons (Fsp3) is 0.379. The zero-order valence-corrected chi connectivity index (χ0v) is 46.0. The Bertz CT molecular complexity index is 3070. The fourth-order valence-electron chi connectivity index (χ4n) is 10.6. The van der Waals surface area contributed by atoms with Gasteiger partial charge in [0.25, 0.3) is 11.8 Å². The van der Waals surface area contributed by atoms with E-state index < -0.39 is 84.3 Å². The Labute approximate surface area is 475 Å². The van der Waals surface area contributed by atoms with Gasteiger partial charge in [-0.1, -0.05) is 36.4 Å². The van der Waals surface area contributed by atoms with E-state index in [0.29, 0.717) is 37.3 Å². The fourth-order valence-corrected chi connectivity index (χ4v) is 10.6. The third-order valence-electron chi connectivity index (χ3n) is 15.0. The highest BCUT2D eigenvalue weighted by atomic mass is 19.4. The van der Waals surface area contributed by atoms with Crippen LogP contribution in [-0.4, -0.2) is 165 Å². The lowest BCUT2D eigenvalue weighted by Gasteiger charge is -2.44. The quantitative estimate of drug-likeness (QED) is 0.0775.